The number of aryl methyl sites for hydroxylation is 1. The van der Waals surface area contributed by atoms with Gasteiger partial charge in [0.15, 0.2) is 11.5 Å². The van der Waals surface area contributed by atoms with Crippen LogP contribution in [0.5, 0.6) is 0 Å². The standard InChI is InChI=1S/C50H34N6/c1-31-20-24-39-48(51-31)42-29-33(32-21-25-45-40(28-32)37-16-8-10-18-43(37)54(45)35-12-4-2-5-13-35)22-27-47(42)56-50(39)52-49(53-56)34-23-26-46-41(30-34)38-17-9-11-19-44(38)55(46)36-14-6-3-7-15-36/h2-27,29-30,32H,28H2,1H3. The van der Waals surface area contributed by atoms with E-state index in [9.17, 15) is 0 Å². The van der Waals surface area contributed by atoms with Gasteiger partial charge in [-0.25, -0.2) is 9.50 Å². The van der Waals surface area contributed by atoms with Gasteiger partial charge in [0.05, 0.1) is 27.6 Å². The van der Waals surface area contributed by atoms with E-state index in [1.54, 1.807) is 0 Å². The molecule has 12 rings (SSSR count). The number of aromatic nitrogens is 6. The molecule has 0 saturated heterocycles. The van der Waals surface area contributed by atoms with Gasteiger partial charge in [0, 0.05) is 61.2 Å². The Morgan fingerprint density at radius 2 is 1.21 bits per heavy atom. The molecule has 0 radical (unpaired) electrons. The Kier molecular flexibility index (Phi) is 6.57. The molecule has 0 N–H and O–H groups in total. The SMILES string of the molecule is Cc1ccc2c(n1)c1cc(C3C=Cc4c(c5ccccc5n4-c4ccccc4)C3)ccc1n1nc(-c3ccc4c(c3)c3ccccc3n4-c3ccccc3)nc21. The molecule has 56 heavy (non-hydrogen) atoms. The number of hydrogen-bond donors (Lipinski definition) is 0. The number of nitrogens with zero attached hydrogens (tertiary/aromatic N) is 6. The molecule has 0 fully saturated rings. The summed E-state index contributed by atoms with van der Waals surface area (Å²) in [4.78, 5) is 10.4. The number of allylic oxidation sites excluding steroid dienone is 1. The van der Waals surface area contributed by atoms with Crippen molar-refractivity contribution >= 4 is 66.2 Å². The predicted octanol–water partition coefficient (Wildman–Crippen LogP) is 11.8. The minimum atomic E-state index is 0.216. The largest absolute Gasteiger partial charge is 0.310 e. The molecule has 5 aromatic heterocycles. The Morgan fingerprint density at radius 1 is 0.536 bits per heavy atom. The summed E-state index contributed by atoms with van der Waals surface area (Å²) in [6.07, 6.45) is 5.61. The van der Waals surface area contributed by atoms with Gasteiger partial charge in [-0.05, 0) is 109 Å². The van der Waals surface area contributed by atoms with E-state index in [0.29, 0.717) is 5.82 Å². The molecule has 1 atom stereocenters. The first-order chi connectivity index (χ1) is 27.7. The summed E-state index contributed by atoms with van der Waals surface area (Å²) in [7, 11) is 0. The highest BCUT2D eigenvalue weighted by atomic mass is 15.3. The topological polar surface area (TPSA) is 52.9 Å². The molecule has 11 aromatic rings. The fraction of sp³-hybridized carbons (Fsp3) is 0.0600. The lowest BCUT2D eigenvalue weighted by Crippen LogP contribution is -2.07. The van der Waals surface area contributed by atoms with Gasteiger partial charge in [-0.15, -0.1) is 5.10 Å². The minimum absolute atomic E-state index is 0.216. The van der Waals surface area contributed by atoms with Crippen molar-refractivity contribution in [2.75, 3.05) is 0 Å². The molecular formula is C50H34N6. The Hall–Kier alpha value is -7.31. The molecule has 5 heterocycles. The summed E-state index contributed by atoms with van der Waals surface area (Å²) in [5.74, 6) is 0.910. The van der Waals surface area contributed by atoms with E-state index in [4.69, 9.17) is 15.1 Å². The molecule has 0 amide bonds. The van der Waals surface area contributed by atoms with Gasteiger partial charge < -0.3 is 9.13 Å². The predicted molar refractivity (Wildman–Crippen MR) is 229 cm³/mol. The van der Waals surface area contributed by atoms with Crippen molar-refractivity contribution in [3.05, 3.63) is 186 Å². The number of fused-ring (bicyclic) bond motifs is 12. The second-order valence-electron chi connectivity index (χ2n) is 14.9. The Balaban J connectivity index is 1.00. The van der Waals surface area contributed by atoms with Crippen LogP contribution in [0.4, 0.5) is 0 Å². The highest BCUT2D eigenvalue weighted by molar-refractivity contribution is 6.11. The highest BCUT2D eigenvalue weighted by Crippen LogP contribution is 2.40. The zero-order valence-electron chi connectivity index (χ0n) is 30.6. The van der Waals surface area contributed by atoms with E-state index >= 15 is 0 Å². The number of hydrogen-bond acceptors (Lipinski definition) is 3. The van der Waals surface area contributed by atoms with E-state index in [2.05, 4.69) is 186 Å². The summed E-state index contributed by atoms with van der Waals surface area (Å²) in [5.41, 5.74) is 14.5. The lowest BCUT2D eigenvalue weighted by atomic mass is 9.86. The van der Waals surface area contributed by atoms with Crippen LogP contribution in [-0.2, 0) is 6.42 Å². The average Bonchev–Trinajstić information content (AvgIpc) is 3.95. The summed E-state index contributed by atoms with van der Waals surface area (Å²) in [6.45, 7) is 2.06. The van der Waals surface area contributed by atoms with E-state index in [0.717, 1.165) is 56.3 Å². The lowest BCUT2D eigenvalue weighted by molar-refractivity contribution is 0.826. The second-order valence-corrected chi connectivity index (χ2v) is 14.9. The van der Waals surface area contributed by atoms with Gasteiger partial charge in [0.1, 0.15) is 0 Å². The highest BCUT2D eigenvalue weighted by Gasteiger charge is 2.25. The number of benzene rings is 6. The van der Waals surface area contributed by atoms with Crippen molar-refractivity contribution in [2.45, 2.75) is 19.3 Å². The fourth-order valence-corrected chi connectivity index (χ4v) is 9.14. The first-order valence-corrected chi connectivity index (χ1v) is 19.2. The summed E-state index contributed by atoms with van der Waals surface area (Å²) < 4.78 is 6.76. The number of pyridine rings is 2. The van der Waals surface area contributed by atoms with E-state index in [1.165, 1.54) is 49.7 Å². The molecule has 264 valence electrons. The Labute approximate surface area is 322 Å². The van der Waals surface area contributed by atoms with Gasteiger partial charge in [-0.2, -0.15) is 0 Å². The molecule has 1 aliphatic carbocycles. The number of rotatable bonds is 4. The third kappa shape index (κ3) is 4.53. The normalized spacial score (nSPS) is 14.2. The second kappa shape index (κ2) is 11.8. The van der Waals surface area contributed by atoms with E-state index in [-0.39, 0.29) is 5.92 Å². The van der Waals surface area contributed by atoms with Crippen molar-refractivity contribution in [2.24, 2.45) is 0 Å². The van der Waals surface area contributed by atoms with E-state index < -0.39 is 0 Å². The van der Waals surface area contributed by atoms with Crippen LogP contribution in [0.1, 0.15) is 28.4 Å². The Bertz CT molecular complexity index is 3400. The van der Waals surface area contributed by atoms with Crippen molar-refractivity contribution < 1.29 is 0 Å². The van der Waals surface area contributed by atoms with Crippen LogP contribution in [0, 0.1) is 6.92 Å². The molecule has 1 aliphatic rings. The smallest absolute Gasteiger partial charge is 0.182 e. The summed E-state index contributed by atoms with van der Waals surface area (Å²) in [5, 5.41) is 11.0. The Morgan fingerprint density at radius 3 is 2.02 bits per heavy atom. The zero-order chi connectivity index (χ0) is 36.9. The van der Waals surface area contributed by atoms with Gasteiger partial charge in [-0.1, -0.05) is 84.9 Å². The van der Waals surface area contributed by atoms with E-state index in [1.807, 2.05) is 4.52 Å². The third-order valence-electron chi connectivity index (χ3n) is 11.7. The van der Waals surface area contributed by atoms with Crippen LogP contribution in [0.15, 0.2) is 164 Å². The molecule has 6 aromatic carbocycles. The maximum absolute atomic E-state index is 5.23. The zero-order valence-corrected chi connectivity index (χ0v) is 30.6. The fourth-order valence-electron chi connectivity index (χ4n) is 9.14. The van der Waals surface area contributed by atoms with Gasteiger partial charge >= 0.3 is 0 Å². The first-order valence-electron chi connectivity index (χ1n) is 19.2. The van der Waals surface area contributed by atoms with Crippen molar-refractivity contribution in [1.29, 1.82) is 0 Å². The first kappa shape index (κ1) is 31.1. The van der Waals surface area contributed by atoms with Gasteiger partial charge in [0.2, 0.25) is 0 Å². The third-order valence-corrected chi connectivity index (χ3v) is 11.7. The lowest BCUT2D eigenvalue weighted by Gasteiger charge is -2.20. The molecule has 0 bridgehead atoms. The van der Waals surface area contributed by atoms with Crippen LogP contribution < -0.4 is 0 Å². The van der Waals surface area contributed by atoms with Crippen LogP contribution in [-0.4, -0.2) is 28.7 Å². The van der Waals surface area contributed by atoms with Crippen molar-refractivity contribution in [3.63, 3.8) is 0 Å². The van der Waals surface area contributed by atoms with Crippen LogP contribution >= 0.6 is 0 Å². The summed E-state index contributed by atoms with van der Waals surface area (Å²) in [6, 6.07) is 56.3. The number of para-hydroxylation sites is 4. The van der Waals surface area contributed by atoms with Crippen LogP contribution in [0.25, 0.3) is 89.0 Å². The summed E-state index contributed by atoms with van der Waals surface area (Å²) >= 11 is 0. The molecule has 6 nitrogen and oxygen atoms in total. The molecular weight excluding hydrogens is 685 g/mol. The molecule has 0 aliphatic heterocycles. The molecule has 0 saturated carbocycles. The maximum Gasteiger partial charge on any atom is 0.182 e. The van der Waals surface area contributed by atoms with Crippen LogP contribution in [0.2, 0.25) is 0 Å². The van der Waals surface area contributed by atoms with Gasteiger partial charge in [-0.3, -0.25) is 4.98 Å². The average molecular weight is 719 g/mol. The monoisotopic (exact) mass is 718 g/mol. The quantitative estimate of drug-likeness (QED) is 0.170. The van der Waals surface area contributed by atoms with Crippen molar-refractivity contribution in [3.8, 4) is 22.8 Å². The minimum Gasteiger partial charge on any atom is -0.310 e. The van der Waals surface area contributed by atoms with Crippen LogP contribution in [0.3, 0.4) is 0 Å². The molecule has 6 heteroatoms. The maximum atomic E-state index is 5.23. The molecule has 1 unspecified atom stereocenters. The van der Waals surface area contributed by atoms with Gasteiger partial charge in [0.25, 0.3) is 0 Å². The van der Waals surface area contributed by atoms with Crippen molar-refractivity contribution in [1.82, 2.24) is 28.7 Å². The molecule has 0 spiro atoms.